The van der Waals surface area contributed by atoms with Crippen molar-refractivity contribution in [3.63, 3.8) is 0 Å². The van der Waals surface area contributed by atoms with Crippen LogP contribution in [0.3, 0.4) is 0 Å². The van der Waals surface area contributed by atoms with Crippen molar-refractivity contribution < 1.29 is 13.2 Å². The van der Waals surface area contributed by atoms with E-state index in [0.29, 0.717) is 29.3 Å². The molecule has 1 aromatic carbocycles. The Labute approximate surface area is 126 Å². The predicted molar refractivity (Wildman–Crippen MR) is 83.8 cm³/mol. The number of ether oxygens (including phenoxy) is 1. The molecule has 1 aliphatic rings. The van der Waals surface area contributed by atoms with Gasteiger partial charge in [-0.3, -0.25) is 0 Å². The number of hydrogen-bond donors (Lipinski definition) is 2. The zero-order chi connectivity index (χ0) is 15.6. The Morgan fingerprint density at radius 1 is 1.29 bits per heavy atom. The average molecular weight is 312 g/mol. The molecule has 1 unspecified atom stereocenters. The molecular formula is C15H24N2O3S. The van der Waals surface area contributed by atoms with Gasteiger partial charge in [-0.15, -0.1) is 0 Å². The number of benzene rings is 1. The molecule has 2 rings (SSSR count). The molecule has 0 aliphatic carbocycles. The molecule has 118 valence electrons. The van der Waals surface area contributed by atoms with Crippen molar-refractivity contribution in [2.24, 2.45) is 0 Å². The zero-order valence-corrected chi connectivity index (χ0v) is 13.7. The van der Waals surface area contributed by atoms with Crippen molar-refractivity contribution in [2.75, 3.05) is 18.9 Å². The Bertz CT molecular complexity index is 620. The maximum Gasteiger partial charge on any atom is 0.241 e. The summed E-state index contributed by atoms with van der Waals surface area (Å²) in [5.74, 6) is 0. The van der Waals surface area contributed by atoms with E-state index in [9.17, 15) is 8.42 Å². The van der Waals surface area contributed by atoms with Crippen molar-refractivity contribution in [2.45, 2.75) is 51.0 Å². The lowest BCUT2D eigenvalue weighted by atomic mass is 10.1. The molecule has 1 aromatic rings. The molecule has 1 aliphatic heterocycles. The molecule has 0 saturated carbocycles. The first kappa shape index (κ1) is 16.3. The lowest BCUT2D eigenvalue weighted by Gasteiger charge is -2.23. The first-order valence-electron chi connectivity index (χ1n) is 7.30. The van der Waals surface area contributed by atoms with Crippen LogP contribution in [-0.4, -0.2) is 27.7 Å². The highest BCUT2D eigenvalue weighted by molar-refractivity contribution is 7.89. The number of rotatable bonds is 4. The summed E-state index contributed by atoms with van der Waals surface area (Å²) in [6.07, 6.45) is 3.01. The third-order valence-corrected chi connectivity index (χ3v) is 5.72. The van der Waals surface area contributed by atoms with E-state index in [1.165, 1.54) is 0 Å². The van der Waals surface area contributed by atoms with Gasteiger partial charge < -0.3 is 10.5 Å². The van der Waals surface area contributed by atoms with Gasteiger partial charge in [0, 0.05) is 18.8 Å². The quantitative estimate of drug-likeness (QED) is 0.834. The fourth-order valence-electron chi connectivity index (χ4n) is 2.84. The van der Waals surface area contributed by atoms with Crippen LogP contribution in [0.15, 0.2) is 11.0 Å². The third kappa shape index (κ3) is 3.56. The third-order valence-electron chi connectivity index (χ3n) is 4.00. The molecule has 1 atom stereocenters. The second-order valence-electron chi connectivity index (χ2n) is 5.72. The smallest absolute Gasteiger partial charge is 0.241 e. The van der Waals surface area contributed by atoms with Crippen LogP contribution in [0.25, 0.3) is 0 Å². The molecule has 21 heavy (non-hydrogen) atoms. The van der Waals surface area contributed by atoms with Gasteiger partial charge in [-0.05, 0) is 56.7 Å². The fraction of sp³-hybridized carbons (Fsp3) is 0.600. The topological polar surface area (TPSA) is 81.4 Å². The zero-order valence-electron chi connectivity index (χ0n) is 12.9. The van der Waals surface area contributed by atoms with E-state index in [1.807, 2.05) is 13.0 Å². The monoisotopic (exact) mass is 312 g/mol. The van der Waals surface area contributed by atoms with Crippen molar-refractivity contribution in [1.82, 2.24) is 4.72 Å². The highest BCUT2D eigenvalue weighted by atomic mass is 32.2. The molecule has 1 saturated heterocycles. The molecule has 5 nitrogen and oxygen atoms in total. The fourth-order valence-corrected chi connectivity index (χ4v) is 4.38. The van der Waals surface area contributed by atoms with Gasteiger partial charge in [0.15, 0.2) is 0 Å². The van der Waals surface area contributed by atoms with Crippen LogP contribution in [-0.2, 0) is 14.8 Å². The Kier molecular flexibility index (Phi) is 4.91. The standard InChI is InChI=1S/C15H24N2O3S/c1-10-8-11(2)15(12(3)14(10)16)21(18,19)17-9-13-6-4-5-7-20-13/h8,13,17H,4-7,9,16H2,1-3H3. The summed E-state index contributed by atoms with van der Waals surface area (Å²) in [6.45, 7) is 6.46. The number of anilines is 1. The molecular weight excluding hydrogens is 288 g/mol. The molecule has 0 bridgehead atoms. The van der Waals surface area contributed by atoms with Gasteiger partial charge in [-0.2, -0.15) is 0 Å². The maximum absolute atomic E-state index is 12.6. The normalized spacial score (nSPS) is 19.7. The number of nitrogen functional groups attached to an aromatic ring is 1. The van der Waals surface area contributed by atoms with E-state index in [-0.39, 0.29) is 6.10 Å². The number of hydrogen-bond acceptors (Lipinski definition) is 4. The van der Waals surface area contributed by atoms with Crippen LogP contribution in [0.4, 0.5) is 5.69 Å². The Balaban J connectivity index is 2.21. The second-order valence-corrected chi connectivity index (χ2v) is 7.42. The van der Waals surface area contributed by atoms with E-state index < -0.39 is 10.0 Å². The Morgan fingerprint density at radius 3 is 2.62 bits per heavy atom. The first-order valence-corrected chi connectivity index (χ1v) is 8.79. The van der Waals surface area contributed by atoms with Gasteiger partial charge in [-0.25, -0.2) is 13.1 Å². The second kappa shape index (κ2) is 6.34. The summed E-state index contributed by atoms with van der Waals surface area (Å²) < 4.78 is 33.3. The van der Waals surface area contributed by atoms with Crippen LogP contribution in [0.1, 0.15) is 36.0 Å². The molecule has 0 aromatic heterocycles. The number of nitrogens with two attached hydrogens (primary N) is 1. The predicted octanol–water partition coefficient (Wildman–Crippen LogP) is 2.04. The van der Waals surface area contributed by atoms with Gasteiger partial charge in [-0.1, -0.05) is 6.07 Å². The van der Waals surface area contributed by atoms with Crippen LogP contribution < -0.4 is 10.5 Å². The molecule has 1 fully saturated rings. The van der Waals surface area contributed by atoms with Crippen LogP contribution in [0.5, 0.6) is 0 Å². The molecule has 1 heterocycles. The Morgan fingerprint density at radius 2 is 2.00 bits per heavy atom. The van der Waals surface area contributed by atoms with Gasteiger partial charge in [0.25, 0.3) is 0 Å². The van der Waals surface area contributed by atoms with Crippen molar-refractivity contribution in [3.8, 4) is 0 Å². The molecule has 3 N–H and O–H groups in total. The SMILES string of the molecule is Cc1cc(C)c(S(=O)(=O)NCC2CCCCO2)c(C)c1N. The number of sulfonamides is 1. The van der Waals surface area contributed by atoms with Gasteiger partial charge >= 0.3 is 0 Å². The summed E-state index contributed by atoms with van der Waals surface area (Å²) >= 11 is 0. The molecule has 0 spiro atoms. The van der Waals surface area contributed by atoms with Gasteiger partial charge in [0.05, 0.1) is 11.0 Å². The van der Waals surface area contributed by atoms with Gasteiger partial charge in [0.2, 0.25) is 10.0 Å². The van der Waals surface area contributed by atoms with Crippen LogP contribution in [0.2, 0.25) is 0 Å². The number of nitrogens with one attached hydrogen (secondary N) is 1. The van der Waals surface area contributed by atoms with E-state index >= 15 is 0 Å². The minimum Gasteiger partial charge on any atom is -0.398 e. The van der Waals surface area contributed by atoms with Gasteiger partial charge in [0.1, 0.15) is 0 Å². The van der Waals surface area contributed by atoms with E-state index in [2.05, 4.69) is 4.72 Å². The largest absolute Gasteiger partial charge is 0.398 e. The van der Waals surface area contributed by atoms with E-state index in [1.54, 1.807) is 13.8 Å². The highest BCUT2D eigenvalue weighted by Gasteiger charge is 2.24. The molecule has 0 amide bonds. The van der Waals surface area contributed by atoms with Crippen molar-refractivity contribution in [1.29, 1.82) is 0 Å². The highest BCUT2D eigenvalue weighted by Crippen LogP contribution is 2.28. The summed E-state index contributed by atoms with van der Waals surface area (Å²) in [7, 11) is -3.57. The van der Waals surface area contributed by atoms with Crippen molar-refractivity contribution >= 4 is 15.7 Å². The summed E-state index contributed by atoms with van der Waals surface area (Å²) in [5, 5.41) is 0. The Hall–Kier alpha value is -1.11. The van der Waals surface area contributed by atoms with Crippen molar-refractivity contribution in [3.05, 3.63) is 22.8 Å². The summed E-state index contributed by atoms with van der Waals surface area (Å²) in [4.78, 5) is 0.293. The van der Waals surface area contributed by atoms with E-state index in [4.69, 9.17) is 10.5 Å². The summed E-state index contributed by atoms with van der Waals surface area (Å²) in [5.41, 5.74) is 8.74. The minimum atomic E-state index is -3.57. The van der Waals surface area contributed by atoms with E-state index in [0.717, 1.165) is 30.4 Å². The minimum absolute atomic E-state index is 0.0306. The molecule has 6 heteroatoms. The lowest BCUT2D eigenvalue weighted by molar-refractivity contribution is 0.0200. The summed E-state index contributed by atoms with van der Waals surface area (Å²) in [6, 6.07) is 1.81. The maximum atomic E-state index is 12.6. The lowest BCUT2D eigenvalue weighted by Crippen LogP contribution is -2.36. The molecule has 0 radical (unpaired) electrons. The number of aryl methyl sites for hydroxylation is 2. The van der Waals surface area contributed by atoms with Crippen LogP contribution in [0, 0.1) is 20.8 Å². The van der Waals surface area contributed by atoms with Crippen LogP contribution >= 0.6 is 0 Å². The first-order chi connectivity index (χ1) is 9.83. The average Bonchev–Trinajstić information content (AvgIpc) is 2.44.